The highest BCUT2D eigenvalue weighted by molar-refractivity contribution is 9.10. The van der Waals surface area contributed by atoms with Crippen LogP contribution < -0.4 is 4.74 Å². The van der Waals surface area contributed by atoms with E-state index in [-0.39, 0.29) is 18.3 Å². The van der Waals surface area contributed by atoms with Crippen LogP contribution in [-0.4, -0.2) is 12.4 Å². The molecule has 1 aromatic carbocycles. The van der Waals surface area contributed by atoms with Gasteiger partial charge in [-0.1, -0.05) is 41.4 Å². The number of rotatable bonds is 4. The Balaban J connectivity index is 2.65. The van der Waals surface area contributed by atoms with E-state index in [4.69, 9.17) is 16.3 Å². The molecule has 0 spiro atoms. The third kappa shape index (κ3) is 3.84. The van der Waals surface area contributed by atoms with Gasteiger partial charge in [-0.2, -0.15) is 0 Å². The Hall–Kier alpha value is -0.540. The van der Waals surface area contributed by atoms with Crippen molar-refractivity contribution >= 4 is 33.3 Å². The highest BCUT2D eigenvalue weighted by Gasteiger charge is 2.09. The molecular weight excluding hydrogens is 279 g/mol. The molecule has 0 amide bonds. The van der Waals surface area contributed by atoms with E-state index in [1.165, 1.54) is 0 Å². The zero-order chi connectivity index (χ0) is 11.4. The predicted octanol–water partition coefficient (Wildman–Crippen LogP) is 3.71. The van der Waals surface area contributed by atoms with Crippen LogP contribution in [0.1, 0.15) is 13.8 Å². The summed E-state index contributed by atoms with van der Waals surface area (Å²) in [4.78, 5) is 11.3. The van der Waals surface area contributed by atoms with Crippen LogP contribution >= 0.6 is 27.5 Å². The van der Waals surface area contributed by atoms with Gasteiger partial charge in [-0.3, -0.25) is 4.79 Å². The third-order valence-corrected chi connectivity index (χ3v) is 2.71. The molecule has 0 unspecified atom stereocenters. The summed E-state index contributed by atoms with van der Waals surface area (Å²) in [5.41, 5.74) is 0. The van der Waals surface area contributed by atoms with E-state index >= 15 is 0 Å². The lowest BCUT2D eigenvalue weighted by Crippen LogP contribution is -2.16. The summed E-state index contributed by atoms with van der Waals surface area (Å²) in [5, 5.41) is 0.509. The molecule has 0 fully saturated rings. The Morgan fingerprint density at radius 2 is 2.20 bits per heavy atom. The average molecular weight is 292 g/mol. The predicted molar refractivity (Wildman–Crippen MR) is 64.5 cm³/mol. The van der Waals surface area contributed by atoms with Gasteiger partial charge in [0.25, 0.3) is 0 Å². The SMILES string of the molecule is CC(C)C(=O)COc1cc(Br)ccc1Cl. The van der Waals surface area contributed by atoms with Crippen molar-refractivity contribution in [2.75, 3.05) is 6.61 Å². The number of carbonyl (C=O) groups is 1. The van der Waals surface area contributed by atoms with E-state index in [0.717, 1.165) is 4.47 Å². The molecule has 0 aromatic heterocycles. The summed E-state index contributed by atoms with van der Waals surface area (Å²) < 4.78 is 6.20. The summed E-state index contributed by atoms with van der Waals surface area (Å²) >= 11 is 9.21. The average Bonchev–Trinajstić information content (AvgIpc) is 2.18. The van der Waals surface area contributed by atoms with Gasteiger partial charge < -0.3 is 4.74 Å². The Labute approximate surface area is 103 Å². The first-order valence-corrected chi connectivity index (χ1v) is 5.78. The zero-order valence-corrected chi connectivity index (χ0v) is 10.9. The smallest absolute Gasteiger partial charge is 0.172 e. The fourth-order valence-corrected chi connectivity index (χ4v) is 1.42. The molecular formula is C11H12BrClO2. The third-order valence-electron chi connectivity index (χ3n) is 1.91. The molecule has 4 heteroatoms. The summed E-state index contributed by atoms with van der Waals surface area (Å²) in [5.74, 6) is 0.571. The first kappa shape index (κ1) is 12.5. The topological polar surface area (TPSA) is 26.3 Å². The van der Waals surface area contributed by atoms with Crippen LogP contribution in [0.5, 0.6) is 5.75 Å². The van der Waals surface area contributed by atoms with Crippen LogP contribution in [0.2, 0.25) is 5.02 Å². The van der Waals surface area contributed by atoms with Crippen LogP contribution in [0.4, 0.5) is 0 Å². The van der Waals surface area contributed by atoms with Gasteiger partial charge >= 0.3 is 0 Å². The first-order valence-electron chi connectivity index (χ1n) is 4.61. The Bertz CT molecular complexity index is 364. The van der Waals surface area contributed by atoms with Gasteiger partial charge in [-0.05, 0) is 18.2 Å². The van der Waals surface area contributed by atoms with E-state index in [1.807, 2.05) is 19.9 Å². The van der Waals surface area contributed by atoms with Gasteiger partial charge in [0.15, 0.2) is 5.78 Å². The quantitative estimate of drug-likeness (QED) is 0.845. The van der Waals surface area contributed by atoms with Gasteiger partial charge in [-0.25, -0.2) is 0 Å². The van der Waals surface area contributed by atoms with Crippen LogP contribution in [0.3, 0.4) is 0 Å². The first-order chi connectivity index (χ1) is 7.00. The second-order valence-corrected chi connectivity index (χ2v) is 4.81. The van der Waals surface area contributed by atoms with Crippen molar-refractivity contribution < 1.29 is 9.53 Å². The highest BCUT2D eigenvalue weighted by atomic mass is 79.9. The van der Waals surface area contributed by atoms with Crippen molar-refractivity contribution in [3.63, 3.8) is 0 Å². The molecule has 82 valence electrons. The monoisotopic (exact) mass is 290 g/mol. The molecule has 1 aromatic rings. The maximum absolute atomic E-state index is 11.3. The lowest BCUT2D eigenvalue weighted by Gasteiger charge is -2.09. The molecule has 0 radical (unpaired) electrons. The Morgan fingerprint density at radius 3 is 2.80 bits per heavy atom. The van der Waals surface area contributed by atoms with Crippen LogP contribution in [0.15, 0.2) is 22.7 Å². The second kappa shape index (κ2) is 5.52. The number of carbonyl (C=O) groups excluding carboxylic acids is 1. The molecule has 2 nitrogen and oxygen atoms in total. The fraction of sp³-hybridized carbons (Fsp3) is 0.364. The number of benzene rings is 1. The molecule has 0 aliphatic carbocycles. The summed E-state index contributed by atoms with van der Waals surface area (Å²) in [6.45, 7) is 3.75. The maximum atomic E-state index is 11.3. The molecule has 0 bridgehead atoms. The van der Waals surface area contributed by atoms with Gasteiger partial charge in [0.05, 0.1) is 5.02 Å². The molecule has 0 aliphatic heterocycles. The van der Waals surface area contributed by atoms with E-state index < -0.39 is 0 Å². The van der Waals surface area contributed by atoms with Crippen molar-refractivity contribution in [1.82, 2.24) is 0 Å². The Kier molecular flexibility index (Phi) is 4.61. The molecule has 0 saturated carbocycles. The molecule has 1 rings (SSSR count). The van der Waals surface area contributed by atoms with E-state index in [9.17, 15) is 4.79 Å². The van der Waals surface area contributed by atoms with Gasteiger partial charge in [0.1, 0.15) is 12.4 Å². The number of hydrogen-bond acceptors (Lipinski definition) is 2. The number of ketones is 1. The normalized spacial score (nSPS) is 10.5. The van der Waals surface area contributed by atoms with Crippen molar-refractivity contribution in [2.45, 2.75) is 13.8 Å². The minimum atomic E-state index is -0.0177. The summed E-state index contributed by atoms with van der Waals surface area (Å²) in [6.07, 6.45) is 0. The largest absolute Gasteiger partial charge is 0.484 e. The highest BCUT2D eigenvalue weighted by Crippen LogP contribution is 2.27. The standard InChI is InChI=1S/C11H12BrClO2/c1-7(2)10(14)6-15-11-5-8(12)3-4-9(11)13/h3-5,7H,6H2,1-2H3. The van der Waals surface area contributed by atoms with E-state index in [2.05, 4.69) is 15.9 Å². The second-order valence-electron chi connectivity index (χ2n) is 3.48. The lowest BCUT2D eigenvalue weighted by atomic mass is 10.1. The molecule has 15 heavy (non-hydrogen) atoms. The van der Waals surface area contributed by atoms with E-state index in [1.54, 1.807) is 12.1 Å². The number of ether oxygens (including phenoxy) is 1. The molecule has 0 heterocycles. The van der Waals surface area contributed by atoms with Crippen molar-refractivity contribution in [2.24, 2.45) is 5.92 Å². The van der Waals surface area contributed by atoms with Crippen LogP contribution in [-0.2, 0) is 4.79 Å². The van der Waals surface area contributed by atoms with Gasteiger partial charge in [0, 0.05) is 10.4 Å². The van der Waals surface area contributed by atoms with Crippen LogP contribution in [0, 0.1) is 5.92 Å². The minimum absolute atomic E-state index is 0.0177. The molecule has 0 aliphatic rings. The number of hydrogen-bond donors (Lipinski definition) is 0. The van der Waals surface area contributed by atoms with Gasteiger partial charge in [0.2, 0.25) is 0 Å². The minimum Gasteiger partial charge on any atom is -0.484 e. The van der Waals surface area contributed by atoms with Gasteiger partial charge in [-0.15, -0.1) is 0 Å². The van der Waals surface area contributed by atoms with Crippen molar-refractivity contribution in [1.29, 1.82) is 0 Å². The lowest BCUT2D eigenvalue weighted by molar-refractivity contribution is -0.123. The van der Waals surface area contributed by atoms with Crippen LogP contribution in [0.25, 0.3) is 0 Å². The maximum Gasteiger partial charge on any atom is 0.172 e. The fourth-order valence-electron chi connectivity index (χ4n) is 0.903. The Morgan fingerprint density at radius 1 is 1.53 bits per heavy atom. The molecule has 0 saturated heterocycles. The number of halogens is 2. The zero-order valence-electron chi connectivity index (χ0n) is 8.59. The molecule has 0 atom stereocenters. The molecule has 0 N–H and O–H groups in total. The summed E-state index contributed by atoms with van der Waals surface area (Å²) in [7, 11) is 0. The van der Waals surface area contributed by atoms with Crippen molar-refractivity contribution in [3.8, 4) is 5.75 Å². The number of Topliss-reactive ketones (excluding diaryl/α,β-unsaturated/α-hetero) is 1. The summed E-state index contributed by atoms with van der Waals surface area (Å²) in [6, 6.07) is 5.29. The van der Waals surface area contributed by atoms with E-state index in [0.29, 0.717) is 10.8 Å². The van der Waals surface area contributed by atoms with Crippen molar-refractivity contribution in [3.05, 3.63) is 27.7 Å².